The van der Waals surface area contributed by atoms with E-state index in [4.69, 9.17) is 9.94 Å². The van der Waals surface area contributed by atoms with Crippen molar-refractivity contribution in [1.29, 1.82) is 0 Å². The molecule has 0 fully saturated rings. The minimum atomic E-state index is 0.450. The molecule has 2 aromatic carbocycles. The van der Waals surface area contributed by atoms with E-state index < -0.39 is 0 Å². The Kier molecular flexibility index (Phi) is 3.65. The van der Waals surface area contributed by atoms with E-state index in [1.807, 2.05) is 18.2 Å². The van der Waals surface area contributed by atoms with Crippen LogP contribution in [0.4, 0.5) is 0 Å². The van der Waals surface area contributed by atoms with Crippen LogP contribution < -0.4 is 4.74 Å². The van der Waals surface area contributed by atoms with Gasteiger partial charge in [0.05, 0.1) is 12.8 Å². The van der Waals surface area contributed by atoms with Crippen molar-refractivity contribution in [1.82, 2.24) is 0 Å². The van der Waals surface area contributed by atoms with Crippen LogP contribution in [0.2, 0.25) is 0 Å². The molecule has 1 N–H and O–H groups in total. The Labute approximate surface area is 124 Å². The van der Waals surface area contributed by atoms with E-state index >= 15 is 0 Å². The van der Waals surface area contributed by atoms with Crippen LogP contribution in [0.3, 0.4) is 0 Å². The molecule has 108 valence electrons. The number of methoxy groups -OCH3 is 1. The second-order valence-corrected chi connectivity index (χ2v) is 5.46. The lowest BCUT2D eigenvalue weighted by atomic mass is 9.92. The molecule has 3 rings (SSSR count). The van der Waals surface area contributed by atoms with E-state index in [1.54, 1.807) is 14.0 Å². The zero-order valence-corrected chi connectivity index (χ0v) is 12.3. The molecule has 2 aromatic rings. The molecule has 21 heavy (non-hydrogen) atoms. The topological polar surface area (TPSA) is 41.8 Å². The molecule has 3 nitrogen and oxygen atoms in total. The van der Waals surface area contributed by atoms with Crippen molar-refractivity contribution >= 4 is 5.71 Å². The average molecular weight is 281 g/mol. The number of aryl methyl sites for hydroxylation is 1. The third kappa shape index (κ3) is 2.51. The summed E-state index contributed by atoms with van der Waals surface area (Å²) in [5, 5.41) is 12.1. The first-order valence-electron chi connectivity index (χ1n) is 7.18. The maximum atomic E-state index is 8.82. The molecule has 0 saturated carbocycles. The first kappa shape index (κ1) is 13.7. The molecule has 1 aliphatic rings. The lowest BCUT2D eigenvalue weighted by Crippen LogP contribution is -1.99. The van der Waals surface area contributed by atoms with E-state index in [1.165, 1.54) is 16.7 Å². The summed E-state index contributed by atoms with van der Waals surface area (Å²) in [5.41, 5.74) is 5.69. The summed E-state index contributed by atoms with van der Waals surface area (Å²) in [6.45, 7) is 1.80. The highest BCUT2D eigenvalue weighted by atomic mass is 16.5. The third-order valence-electron chi connectivity index (χ3n) is 4.31. The average Bonchev–Trinajstić information content (AvgIpc) is 2.97. The first-order valence-corrected chi connectivity index (χ1v) is 7.18. The summed E-state index contributed by atoms with van der Waals surface area (Å²) in [7, 11) is 1.71. The van der Waals surface area contributed by atoms with Gasteiger partial charge >= 0.3 is 0 Å². The molecule has 1 atom stereocenters. The van der Waals surface area contributed by atoms with Gasteiger partial charge in [0, 0.05) is 5.92 Å². The van der Waals surface area contributed by atoms with Crippen LogP contribution in [-0.2, 0) is 6.42 Å². The summed E-state index contributed by atoms with van der Waals surface area (Å²) in [5.74, 6) is 1.38. The Bertz CT molecular complexity index is 674. The summed E-state index contributed by atoms with van der Waals surface area (Å²) < 4.78 is 5.30. The fourth-order valence-electron chi connectivity index (χ4n) is 3.08. The zero-order valence-electron chi connectivity index (χ0n) is 12.3. The first-order chi connectivity index (χ1) is 10.2. The minimum Gasteiger partial charge on any atom is -0.497 e. The summed E-state index contributed by atoms with van der Waals surface area (Å²) in [4.78, 5) is 0. The normalized spacial score (nSPS) is 17.6. The number of hydrogen-bond acceptors (Lipinski definition) is 3. The van der Waals surface area contributed by atoms with Crippen molar-refractivity contribution < 1.29 is 9.94 Å². The molecule has 0 aliphatic heterocycles. The van der Waals surface area contributed by atoms with Crippen molar-refractivity contribution in [3.8, 4) is 5.75 Å². The highest BCUT2D eigenvalue weighted by Crippen LogP contribution is 2.39. The van der Waals surface area contributed by atoms with E-state index in [9.17, 15) is 0 Å². The van der Waals surface area contributed by atoms with Gasteiger partial charge in [-0.2, -0.15) is 0 Å². The second-order valence-electron chi connectivity index (χ2n) is 5.46. The molecule has 0 aromatic heterocycles. The number of ether oxygens (including phenoxy) is 1. The van der Waals surface area contributed by atoms with Crippen LogP contribution in [-0.4, -0.2) is 18.0 Å². The van der Waals surface area contributed by atoms with Crippen LogP contribution in [0.5, 0.6) is 5.75 Å². The van der Waals surface area contributed by atoms with Crippen molar-refractivity contribution in [2.45, 2.75) is 25.7 Å². The Morgan fingerprint density at radius 3 is 2.62 bits per heavy atom. The smallest absolute Gasteiger partial charge is 0.119 e. The summed E-state index contributed by atoms with van der Waals surface area (Å²) in [6, 6.07) is 14.7. The van der Waals surface area contributed by atoms with Gasteiger partial charge in [-0.05, 0) is 54.2 Å². The molecule has 1 aliphatic carbocycles. The van der Waals surface area contributed by atoms with Gasteiger partial charge < -0.3 is 9.94 Å². The molecule has 0 amide bonds. The number of rotatable bonds is 3. The molecule has 1 unspecified atom stereocenters. The van der Waals surface area contributed by atoms with Crippen LogP contribution in [0.15, 0.2) is 47.6 Å². The van der Waals surface area contributed by atoms with Gasteiger partial charge in [0.2, 0.25) is 0 Å². The molecule has 0 heterocycles. The largest absolute Gasteiger partial charge is 0.497 e. The van der Waals surface area contributed by atoms with Crippen molar-refractivity contribution in [2.24, 2.45) is 5.16 Å². The van der Waals surface area contributed by atoms with Crippen LogP contribution >= 0.6 is 0 Å². The Balaban J connectivity index is 1.90. The third-order valence-corrected chi connectivity index (χ3v) is 4.31. The predicted molar refractivity (Wildman–Crippen MR) is 83.6 cm³/mol. The number of nitrogens with zero attached hydrogens (tertiary/aromatic N) is 1. The van der Waals surface area contributed by atoms with E-state index in [2.05, 4.69) is 29.4 Å². The second kappa shape index (κ2) is 5.60. The SMILES string of the molecule is COc1ccc2c(c1)CCC2c1ccc(C(C)=NO)cc1. The maximum absolute atomic E-state index is 8.82. The summed E-state index contributed by atoms with van der Waals surface area (Å²) >= 11 is 0. The standard InChI is InChI=1S/C18H19NO2/c1-12(19-20)13-3-5-14(6-4-13)17-9-7-15-11-16(21-2)8-10-18(15)17/h3-6,8,10-11,17,20H,7,9H2,1-2H3. The van der Waals surface area contributed by atoms with Gasteiger partial charge in [-0.15, -0.1) is 0 Å². The van der Waals surface area contributed by atoms with Gasteiger partial charge in [0.15, 0.2) is 0 Å². The van der Waals surface area contributed by atoms with Crippen LogP contribution in [0, 0.1) is 0 Å². The Morgan fingerprint density at radius 1 is 1.19 bits per heavy atom. The van der Waals surface area contributed by atoms with Crippen LogP contribution in [0.1, 0.15) is 41.5 Å². The number of benzene rings is 2. The van der Waals surface area contributed by atoms with E-state index in [0.29, 0.717) is 11.6 Å². The lowest BCUT2D eigenvalue weighted by molar-refractivity contribution is 0.319. The van der Waals surface area contributed by atoms with Crippen LogP contribution in [0.25, 0.3) is 0 Å². The maximum Gasteiger partial charge on any atom is 0.119 e. The number of hydrogen-bond donors (Lipinski definition) is 1. The van der Waals surface area contributed by atoms with E-state index in [-0.39, 0.29) is 0 Å². The predicted octanol–water partition coefficient (Wildman–Crippen LogP) is 3.97. The number of fused-ring (bicyclic) bond motifs is 1. The molecular weight excluding hydrogens is 262 g/mol. The molecule has 0 saturated heterocycles. The molecule has 0 bridgehead atoms. The lowest BCUT2D eigenvalue weighted by Gasteiger charge is -2.13. The van der Waals surface area contributed by atoms with Crippen molar-refractivity contribution in [2.75, 3.05) is 7.11 Å². The molecule has 0 radical (unpaired) electrons. The number of oxime groups is 1. The fourth-order valence-corrected chi connectivity index (χ4v) is 3.08. The summed E-state index contributed by atoms with van der Waals surface area (Å²) in [6.07, 6.45) is 2.23. The Morgan fingerprint density at radius 2 is 1.95 bits per heavy atom. The van der Waals surface area contributed by atoms with Gasteiger partial charge in [0.25, 0.3) is 0 Å². The van der Waals surface area contributed by atoms with Crippen molar-refractivity contribution in [3.05, 3.63) is 64.7 Å². The minimum absolute atomic E-state index is 0.450. The van der Waals surface area contributed by atoms with Gasteiger partial charge in [0.1, 0.15) is 5.75 Å². The zero-order chi connectivity index (χ0) is 14.8. The molecule has 0 spiro atoms. The van der Waals surface area contributed by atoms with Gasteiger partial charge in [-0.25, -0.2) is 0 Å². The molecule has 3 heteroatoms. The van der Waals surface area contributed by atoms with E-state index in [0.717, 1.165) is 24.2 Å². The highest BCUT2D eigenvalue weighted by Gasteiger charge is 2.24. The monoisotopic (exact) mass is 281 g/mol. The Hall–Kier alpha value is -2.29. The van der Waals surface area contributed by atoms with Gasteiger partial charge in [-0.3, -0.25) is 0 Å². The quantitative estimate of drug-likeness (QED) is 0.525. The van der Waals surface area contributed by atoms with Crippen molar-refractivity contribution in [3.63, 3.8) is 0 Å². The molecular formula is C18H19NO2. The van der Waals surface area contributed by atoms with Gasteiger partial charge in [-0.1, -0.05) is 35.5 Å². The fraction of sp³-hybridized carbons (Fsp3) is 0.278. The highest BCUT2D eigenvalue weighted by molar-refractivity contribution is 5.98.